The van der Waals surface area contributed by atoms with Crippen molar-refractivity contribution in [2.24, 2.45) is 5.92 Å². The third kappa shape index (κ3) is 5.93. The quantitative estimate of drug-likeness (QED) is 0.256. The largest absolute Gasteiger partial charge is 0.411 e. The van der Waals surface area contributed by atoms with Crippen molar-refractivity contribution in [3.05, 3.63) is 23.4 Å². The predicted molar refractivity (Wildman–Crippen MR) is 151 cm³/mol. The van der Waals surface area contributed by atoms with Crippen molar-refractivity contribution in [1.29, 1.82) is 0 Å². The van der Waals surface area contributed by atoms with Gasteiger partial charge < -0.3 is 8.85 Å². The zero-order valence-corrected chi connectivity index (χ0v) is 27.0. The van der Waals surface area contributed by atoms with Crippen LogP contribution in [0.3, 0.4) is 0 Å². The van der Waals surface area contributed by atoms with E-state index in [9.17, 15) is 4.79 Å². The van der Waals surface area contributed by atoms with E-state index in [0.717, 1.165) is 24.5 Å². The molecule has 0 bridgehead atoms. The fourth-order valence-corrected chi connectivity index (χ4v) is 10.2. The monoisotopic (exact) mass is 508 g/mol. The van der Waals surface area contributed by atoms with Gasteiger partial charge in [-0.1, -0.05) is 67.3 Å². The maximum absolute atomic E-state index is 13.4. The van der Waals surface area contributed by atoms with E-state index in [0.29, 0.717) is 12.2 Å². The highest BCUT2D eigenvalue weighted by Gasteiger charge is 2.55. The third-order valence-electron chi connectivity index (χ3n) is 8.75. The zero-order valence-electron chi connectivity index (χ0n) is 24.0. The van der Waals surface area contributed by atoms with Gasteiger partial charge in [-0.05, 0) is 65.8 Å². The first-order chi connectivity index (χ1) is 14.6. The first-order valence-corrected chi connectivity index (χ1v) is 22.2. The maximum atomic E-state index is 13.4. The van der Waals surface area contributed by atoms with Crippen molar-refractivity contribution >= 4 is 30.5 Å². The van der Waals surface area contributed by atoms with Crippen molar-refractivity contribution < 1.29 is 13.6 Å². The van der Waals surface area contributed by atoms with E-state index in [1.807, 2.05) is 6.08 Å². The van der Waals surface area contributed by atoms with Crippen molar-refractivity contribution in [3.8, 4) is 0 Å². The minimum absolute atomic E-state index is 0.0254. The smallest absolute Gasteiger partial charge is 0.192 e. The Morgan fingerprint density at radius 2 is 1.45 bits per heavy atom. The highest BCUT2D eigenvalue weighted by molar-refractivity contribution is 6.87. The molecule has 2 aliphatic rings. The molecule has 0 unspecified atom stereocenters. The standard InChI is InChI=1S/C27H52O3Si3/c1-15-16-27(30-33(13,14)26(5,6)7)18-20-17-21(28)24(31(8,9)10)23(20)22(19-27)29-32(11,12)25(2,3)4/h15,20,22H,1,16-19H2,2-14H3/t20-,22-,27+/m0/s1. The molecular formula is C27H52O3Si3. The molecule has 2 rings (SSSR count). The van der Waals surface area contributed by atoms with Gasteiger partial charge in [0, 0.05) is 12.8 Å². The SMILES string of the molecule is C=CC[C@@]1(O[Si](C)(C)C(C)(C)C)C[C@@H]2CC(=O)C([Si](C)(C)C)=C2[C@@H](O[Si](C)(C)C(C)(C)C)C1. The van der Waals surface area contributed by atoms with Gasteiger partial charge in [0.25, 0.3) is 0 Å². The molecule has 33 heavy (non-hydrogen) atoms. The highest BCUT2D eigenvalue weighted by atomic mass is 28.4. The molecule has 0 aromatic rings. The van der Waals surface area contributed by atoms with Crippen LogP contribution in [0.5, 0.6) is 0 Å². The Kier molecular flexibility index (Phi) is 7.88. The molecule has 190 valence electrons. The minimum Gasteiger partial charge on any atom is -0.411 e. The molecule has 0 amide bonds. The average Bonchev–Trinajstić information content (AvgIpc) is 2.87. The van der Waals surface area contributed by atoms with Crippen molar-refractivity contribution in [2.45, 2.75) is 135 Å². The van der Waals surface area contributed by atoms with Gasteiger partial charge in [0.15, 0.2) is 22.4 Å². The van der Waals surface area contributed by atoms with Crippen molar-refractivity contribution in [1.82, 2.24) is 0 Å². The Bertz CT molecular complexity index is 806. The summed E-state index contributed by atoms with van der Waals surface area (Å²) in [5.41, 5.74) is 1.05. The van der Waals surface area contributed by atoms with Gasteiger partial charge in [-0.3, -0.25) is 4.79 Å². The zero-order chi connectivity index (χ0) is 25.8. The molecule has 0 radical (unpaired) electrons. The Balaban J connectivity index is 2.65. The van der Waals surface area contributed by atoms with Crippen LogP contribution in [0.15, 0.2) is 23.4 Å². The van der Waals surface area contributed by atoms with E-state index in [1.54, 1.807) is 0 Å². The number of fused-ring (bicyclic) bond motifs is 1. The van der Waals surface area contributed by atoms with Crippen molar-refractivity contribution in [2.75, 3.05) is 0 Å². The molecule has 3 atom stereocenters. The number of Topliss-reactive ketones (excluding diaryl/α,β-unsaturated/α-hetero) is 1. The van der Waals surface area contributed by atoms with E-state index >= 15 is 0 Å². The van der Waals surface area contributed by atoms with Crippen LogP contribution in [0, 0.1) is 5.92 Å². The summed E-state index contributed by atoms with van der Waals surface area (Å²) in [6, 6.07) is 0. The number of allylic oxidation sites excluding steroid dienone is 1. The minimum atomic E-state index is -2.04. The molecule has 6 heteroatoms. The van der Waals surface area contributed by atoms with Gasteiger partial charge in [0.2, 0.25) is 0 Å². The molecule has 0 aromatic carbocycles. The van der Waals surface area contributed by atoms with E-state index in [1.165, 1.54) is 5.57 Å². The van der Waals surface area contributed by atoms with Crippen LogP contribution in [-0.4, -0.2) is 42.2 Å². The molecule has 0 aromatic heterocycles. The molecule has 2 aliphatic carbocycles. The van der Waals surface area contributed by atoms with Gasteiger partial charge in [-0.15, -0.1) is 6.58 Å². The topological polar surface area (TPSA) is 35.5 Å². The Hall–Kier alpha value is -0.279. The lowest BCUT2D eigenvalue weighted by Crippen LogP contribution is -2.56. The first-order valence-electron chi connectivity index (χ1n) is 12.8. The number of hydrogen-bond acceptors (Lipinski definition) is 3. The lowest BCUT2D eigenvalue weighted by Gasteiger charge is -2.52. The highest BCUT2D eigenvalue weighted by Crippen LogP contribution is 2.53. The van der Waals surface area contributed by atoms with Crippen LogP contribution in [-0.2, 0) is 13.6 Å². The van der Waals surface area contributed by atoms with Crippen LogP contribution in [0.1, 0.15) is 67.2 Å². The number of rotatable bonds is 7. The summed E-state index contributed by atoms with van der Waals surface area (Å²) < 4.78 is 14.4. The molecule has 3 nitrogen and oxygen atoms in total. The van der Waals surface area contributed by atoms with E-state index in [2.05, 4.69) is 94.0 Å². The normalized spacial score (nSPS) is 27.7. The summed E-state index contributed by atoms with van der Waals surface area (Å²) in [5.74, 6) is 0.618. The molecule has 0 heterocycles. The molecule has 0 spiro atoms. The lowest BCUT2D eigenvalue weighted by molar-refractivity contribution is -0.115. The molecule has 1 fully saturated rings. The number of carbonyl (C=O) groups is 1. The number of carbonyl (C=O) groups excluding carboxylic acids is 1. The Morgan fingerprint density at radius 3 is 1.88 bits per heavy atom. The van der Waals surface area contributed by atoms with Gasteiger partial charge in [-0.2, -0.15) is 0 Å². The Morgan fingerprint density at radius 1 is 0.939 bits per heavy atom. The van der Waals surface area contributed by atoms with E-state index < -0.39 is 24.7 Å². The van der Waals surface area contributed by atoms with Crippen LogP contribution in [0.4, 0.5) is 0 Å². The number of hydrogen-bond donors (Lipinski definition) is 0. The van der Waals surface area contributed by atoms with Crippen LogP contribution < -0.4 is 0 Å². The van der Waals surface area contributed by atoms with Gasteiger partial charge in [0.1, 0.15) is 0 Å². The lowest BCUT2D eigenvalue weighted by atomic mass is 9.73. The summed E-state index contributed by atoms with van der Waals surface area (Å²) >= 11 is 0. The second kappa shape index (κ2) is 8.99. The van der Waals surface area contributed by atoms with E-state index in [-0.39, 0.29) is 27.7 Å². The summed E-state index contributed by atoms with van der Waals surface area (Å²) in [6.45, 7) is 34.3. The Labute approximate surface area is 208 Å². The van der Waals surface area contributed by atoms with Gasteiger partial charge in [0.05, 0.1) is 19.8 Å². The van der Waals surface area contributed by atoms with Crippen LogP contribution in [0.2, 0.25) is 55.9 Å². The van der Waals surface area contributed by atoms with Crippen molar-refractivity contribution in [3.63, 3.8) is 0 Å². The molecule has 0 aliphatic heterocycles. The fourth-order valence-electron chi connectivity index (χ4n) is 5.13. The second-order valence-corrected chi connectivity index (χ2v) is 29.2. The molecule has 1 saturated carbocycles. The maximum Gasteiger partial charge on any atom is 0.192 e. The summed E-state index contributed by atoms with van der Waals surface area (Å²) in [4.78, 5) is 13.4. The molecule has 0 saturated heterocycles. The second-order valence-electron chi connectivity index (χ2n) is 14.7. The average molecular weight is 509 g/mol. The fraction of sp³-hybridized carbons (Fsp3) is 0.815. The third-order valence-corrected chi connectivity index (χ3v) is 19.9. The summed E-state index contributed by atoms with van der Waals surface area (Å²) in [5, 5.41) is 1.40. The summed E-state index contributed by atoms with van der Waals surface area (Å²) in [6.07, 6.45) is 5.20. The van der Waals surface area contributed by atoms with Gasteiger partial charge in [-0.25, -0.2) is 0 Å². The van der Waals surface area contributed by atoms with Crippen LogP contribution >= 0.6 is 0 Å². The summed E-state index contributed by atoms with van der Waals surface area (Å²) in [7, 11) is -5.86. The molecule has 0 N–H and O–H groups in total. The first kappa shape index (κ1) is 29.0. The van der Waals surface area contributed by atoms with Gasteiger partial charge >= 0.3 is 0 Å². The van der Waals surface area contributed by atoms with Crippen LogP contribution in [0.25, 0.3) is 0 Å². The predicted octanol–water partition coefficient (Wildman–Crippen LogP) is 8.27. The molecular weight excluding hydrogens is 457 g/mol. The number of ketones is 1. The van der Waals surface area contributed by atoms with E-state index in [4.69, 9.17) is 8.85 Å².